The Hall–Kier alpha value is -2.10. The normalized spacial score (nSPS) is 22.1. The molecule has 4 heteroatoms. The van der Waals surface area contributed by atoms with Gasteiger partial charge in [0.15, 0.2) is 0 Å². The first-order chi connectivity index (χ1) is 10.1. The number of nitrogens with one attached hydrogen (secondary N) is 1. The molecule has 2 atom stereocenters. The van der Waals surface area contributed by atoms with Crippen molar-refractivity contribution in [3.8, 4) is 0 Å². The van der Waals surface area contributed by atoms with E-state index in [9.17, 15) is 14.7 Å². The van der Waals surface area contributed by atoms with Gasteiger partial charge >= 0.3 is 5.97 Å². The van der Waals surface area contributed by atoms with E-state index in [0.717, 1.165) is 24.8 Å². The van der Waals surface area contributed by atoms with Crippen molar-refractivity contribution in [3.05, 3.63) is 41.5 Å². The molecule has 0 aromatic heterocycles. The predicted octanol–water partition coefficient (Wildman–Crippen LogP) is 2.77. The molecule has 1 aromatic rings. The fraction of sp³-hybridized carbons (Fsp3) is 0.412. The molecule has 0 radical (unpaired) electrons. The van der Waals surface area contributed by atoms with Gasteiger partial charge in [-0.15, -0.1) is 0 Å². The van der Waals surface area contributed by atoms with Gasteiger partial charge in [-0.25, -0.2) is 0 Å². The van der Waals surface area contributed by atoms with Gasteiger partial charge in [0.25, 0.3) is 0 Å². The van der Waals surface area contributed by atoms with Gasteiger partial charge in [-0.1, -0.05) is 42.7 Å². The van der Waals surface area contributed by atoms with Gasteiger partial charge in [0.2, 0.25) is 5.91 Å². The van der Waals surface area contributed by atoms with Crippen LogP contribution in [0, 0.1) is 12.8 Å². The van der Waals surface area contributed by atoms with Gasteiger partial charge in [-0.3, -0.25) is 9.59 Å². The lowest BCUT2D eigenvalue weighted by Crippen LogP contribution is -2.44. The molecule has 0 bridgehead atoms. The Balaban J connectivity index is 1.94. The summed E-state index contributed by atoms with van der Waals surface area (Å²) in [6.45, 7) is 2.01. The maximum atomic E-state index is 11.9. The monoisotopic (exact) mass is 287 g/mol. The van der Waals surface area contributed by atoms with E-state index in [-0.39, 0.29) is 11.9 Å². The highest BCUT2D eigenvalue weighted by atomic mass is 16.4. The zero-order valence-corrected chi connectivity index (χ0v) is 12.2. The fourth-order valence-electron chi connectivity index (χ4n) is 2.68. The number of amides is 1. The van der Waals surface area contributed by atoms with Gasteiger partial charge in [0.1, 0.15) is 0 Å². The number of hydrogen-bond acceptors (Lipinski definition) is 2. The largest absolute Gasteiger partial charge is 0.481 e. The number of carboxylic acid groups (broad SMARTS) is 1. The van der Waals surface area contributed by atoms with E-state index in [1.165, 1.54) is 11.6 Å². The zero-order chi connectivity index (χ0) is 15.2. The number of aryl methyl sites for hydroxylation is 1. The van der Waals surface area contributed by atoms with Gasteiger partial charge in [0, 0.05) is 12.1 Å². The third-order valence-electron chi connectivity index (χ3n) is 3.92. The van der Waals surface area contributed by atoms with E-state index in [0.29, 0.717) is 6.42 Å². The van der Waals surface area contributed by atoms with Crippen LogP contribution in [0.2, 0.25) is 0 Å². The Morgan fingerprint density at radius 2 is 1.86 bits per heavy atom. The maximum Gasteiger partial charge on any atom is 0.308 e. The summed E-state index contributed by atoms with van der Waals surface area (Å²) in [6, 6.07) is 7.60. The molecular weight excluding hydrogens is 266 g/mol. The molecule has 1 fully saturated rings. The summed E-state index contributed by atoms with van der Waals surface area (Å²) in [4.78, 5) is 23.1. The van der Waals surface area contributed by atoms with E-state index in [2.05, 4.69) is 5.32 Å². The van der Waals surface area contributed by atoms with Crippen LogP contribution < -0.4 is 5.32 Å². The highest BCUT2D eigenvalue weighted by Crippen LogP contribution is 2.24. The average Bonchev–Trinajstić information content (AvgIpc) is 2.47. The molecule has 21 heavy (non-hydrogen) atoms. The lowest BCUT2D eigenvalue weighted by atomic mass is 9.84. The lowest BCUT2D eigenvalue weighted by Gasteiger charge is -2.28. The SMILES string of the molecule is Cc1ccc(C=CC(=O)NC2CCCCC2C(=O)O)cc1. The molecule has 2 N–H and O–H groups in total. The Morgan fingerprint density at radius 3 is 2.52 bits per heavy atom. The molecule has 0 saturated heterocycles. The van der Waals surface area contributed by atoms with Crippen molar-refractivity contribution >= 4 is 18.0 Å². The van der Waals surface area contributed by atoms with Crippen molar-refractivity contribution in [2.24, 2.45) is 5.92 Å². The van der Waals surface area contributed by atoms with Crippen molar-refractivity contribution < 1.29 is 14.7 Å². The second kappa shape index (κ2) is 7.07. The van der Waals surface area contributed by atoms with Crippen LogP contribution in [0.25, 0.3) is 6.08 Å². The number of rotatable bonds is 4. The van der Waals surface area contributed by atoms with Crippen LogP contribution in [-0.4, -0.2) is 23.0 Å². The minimum Gasteiger partial charge on any atom is -0.481 e. The van der Waals surface area contributed by atoms with Crippen LogP contribution in [0.5, 0.6) is 0 Å². The number of carboxylic acids is 1. The van der Waals surface area contributed by atoms with Gasteiger partial charge in [-0.2, -0.15) is 0 Å². The second-order valence-electron chi connectivity index (χ2n) is 5.59. The summed E-state index contributed by atoms with van der Waals surface area (Å²) in [5, 5.41) is 12.0. The molecule has 2 unspecified atom stereocenters. The molecule has 1 saturated carbocycles. The minimum atomic E-state index is -0.817. The lowest BCUT2D eigenvalue weighted by molar-refractivity contribution is -0.144. The zero-order valence-electron chi connectivity index (χ0n) is 12.2. The van der Waals surface area contributed by atoms with Crippen LogP contribution in [0.4, 0.5) is 0 Å². The summed E-state index contributed by atoms with van der Waals surface area (Å²) in [5.41, 5.74) is 2.12. The van der Waals surface area contributed by atoms with Gasteiger partial charge < -0.3 is 10.4 Å². The predicted molar refractivity (Wildman–Crippen MR) is 81.7 cm³/mol. The van der Waals surface area contributed by atoms with E-state index in [1.54, 1.807) is 6.08 Å². The maximum absolute atomic E-state index is 11.9. The van der Waals surface area contributed by atoms with Gasteiger partial charge in [-0.05, 0) is 31.4 Å². The Morgan fingerprint density at radius 1 is 1.19 bits per heavy atom. The number of carbonyl (C=O) groups excluding carboxylic acids is 1. The Labute approximate surface area is 124 Å². The Bertz CT molecular complexity index is 533. The third-order valence-corrected chi connectivity index (χ3v) is 3.92. The molecule has 0 heterocycles. The first-order valence-corrected chi connectivity index (χ1v) is 7.34. The molecule has 4 nitrogen and oxygen atoms in total. The summed E-state index contributed by atoms with van der Waals surface area (Å²) in [5.74, 6) is -1.51. The van der Waals surface area contributed by atoms with Crippen molar-refractivity contribution in [1.82, 2.24) is 5.32 Å². The van der Waals surface area contributed by atoms with E-state index >= 15 is 0 Å². The van der Waals surface area contributed by atoms with Crippen molar-refractivity contribution in [1.29, 1.82) is 0 Å². The average molecular weight is 287 g/mol. The molecule has 0 aliphatic heterocycles. The standard InChI is InChI=1S/C17H21NO3/c1-12-6-8-13(9-7-12)10-11-16(19)18-15-5-3-2-4-14(15)17(20)21/h6-11,14-15H,2-5H2,1H3,(H,18,19)(H,20,21). The van der Waals surface area contributed by atoms with E-state index in [4.69, 9.17) is 0 Å². The van der Waals surface area contributed by atoms with Crippen LogP contribution in [0.1, 0.15) is 36.8 Å². The molecule has 1 aromatic carbocycles. The van der Waals surface area contributed by atoms with Crippen molar-refractivity contribution in [3.63, 3.8) is 0 Å². The number of benzene rings is 1. The smallest absolute Gasteiger partial charge is 0.308 e. The van der Waals surface area contributed by atoms with Crippen molar-refractivity contribution in [2.75, 3.05) is 0 Å². The van der Waals surface area contributed by atoms with E-state index < -0.39 is 11.9 Å². The molecule has 112 valence electrons. The molecule has 0 spiro atoms. The quantitative estimate of drug-likeness (QED) is 0.837. The third kappa shape index (κ3) is 4.45. The van der Waals surface area contributed by atoms with Crippen LogP contribution in [0.15, 0.2) is 30.3 Å². The number of aliphatic carboxylic acids is 1. The Kier molecular flexibility index (Phi) is 5.14. The second-order valence-corrected chi connectivity index (χ2v) is 5.59. The topological polar surface area (TPSA) is 66.4 Å². The summed E-state index contributed by atoms with van der Waals surface area (Å²) in [7, 11) is 0. The summed E-state index contributed by atoms with van der Waals surface area (Å²) in [6.07, 6.45) is 6.48. The van der Waals surface area contributed by atoms with Crippen LogP contribution in [0.3, 0.4) is 0 Å². The fourth-order valence-corrected chi connectivity index (χ4v) is 2.68. The first-order valence-electron chi connectivity index (χ1n) is 7.34. The molecule has 1 amide bonds. The molecule has 1 aliphatic carbocycles. The first kappa shape index (κ1) is 15.3. The minimum absolute atomic E-state index is 0.228. The van der Waals surface area contributed by atoms with Crippen LogP contribution in [-0.2, 0) is 9.59 Å². The number of carbonyl (C=O) groups is 2. The van der Waals surface area contributed by atoms with Crippen LogP contribution >= 0.6 is 0 Å². The van der Waals surface area contributed by atoms with Gasteiger partial charge in [0.05, 0.1) is 5.92 Å². The highest BCUT2D eigenvalue weighted by molar-refractivity contribution is 5.92. The summed E-state index contributed by atoms with van der Waals surface area (Å²) >= 11 is 0. The molecule has 1 aliphatic rings. The van der Waals surface area contributed by atoms with E-state index in [1.807, 2.05) is 31.2 Å². The highest BCUT2D eigenvalue weighted by Gasteiger charge is 2.31. The molecule has 2 rings (SSSR count). The summed E-state index contributed by atoms with van der Waals surface area (Å²) < 4.78 is 0. The number of hydrogen-bond donors (Lipinski definition) is 2. The molecular formula is C17H21NO3. The van der Waals surface area contributed by atoms with Crippen molar-refractivity contribution in [2.45, 2.75) is 38.6 Å².